The van der Waals surface area contributed by atoms with E-state index in [2.05, 4.69) is 59.4 Å². The molecule has 1 aromatic rings. The first-order valence-corrected chi connectivity index (χ1v) is 9.76. The fourth-order valence-corrected chi connectivity index (χ4v) is 4.47. The molecule has 2 saturated heterocycles. The Labute approximate surface area is 175 Å². The van der Waals surface area contributed by atoms with Crippen molar-refractivity contribution in [2.24, 2.45) is 10.4 Å². The molecule has 0 aliphatic carbocycles. The lowest BCUT2D eigenvalue weighted by atomic mass is 9.76. The second-order valence-electron chi connectivity index (χ2n) is 7.73. The van der Waals surface area contributed by atoms with Crippen molar-refractivity contribution in [3.05, 3.63) is 35.9 Å². The number of guanidine groups is 1. The van der Waals surface area contributed by atoms with Gasteiger partial charge in [-0.15, -0.1) is 24.0 Å². The molecular weight excluding hydrogens is 437 g/mol. The van der Waals surface area contributed by atoms with Gasteiger partial charge in [-0.25, -0.2) is 0 Å². The first kappa shape index (κ1) is 21.5. The van der Waals surface area contributed by atoms with Gasteiger partial charge in [-0.1, -0.05) is 44.2 Å². The SMILES string of the molecule is CCC(CC)(CNC(=NC)N1CCC2(CCOC2)C1)c1ccccc1.I. The molecule has 4 nitrogen and oxygen atoms in total. The van der Waals surface area contributed by atoms with Gasteiger partial charge >= 0.3 is 0 Å². The summed E-state index contributed by atoms with van der Waals surface area (Å²) in [6, 6.07) is 10.9. The van der Waals surface area contributed by atoms with E-state index in [1.807, 2.05) is 7.05 Å². The van der Waals surface area contributed by atoms with Gasteiger partial charge in [-0.3, -0.25) is 4.99 Å². The lowest BCUT2D eigenvalue weighted by Crippen LogP contribution is -2.47. The molecule has 5 heteroatoms. The first-order chi connectivity index (χ1) is 12.2. The fraction of sp³-hybridized carbons (Fsp3) is 0.667. The lowest BCUT2D eigenvalue weighted by Gasteiger charge is -2.34. The highest BCUT2D eigenvalue weighted by Gasteiger charge is 2.42. The van der Waals surface area contributed by atoms with Crippen molar-refractivity contribution < 1.29 is 4.74 Å². The molecule has 2 heterocycles. The minimum atomic E-state index is 0. The molecule has 0 aromatic heterocycles. The number of likely N-dealkylation sites (tertiary alicyclic amines) is 1. The number of hydrogen-bond donors (Lipinski definition) is 1. The maximum absolute atomic E-state index is 5.66. The van der Waals surface area contributed by atoms with Crippen molar-refractivity contribution in [1.82, 2.24) is 10.2 Å². The molecule has 1 spiro atoms. The monoisotopic (exact) mass is 471 g/mol. The molecule has 1 aromatic carbocycles. The van der Waals surface area contributed by atoms with Gasteiger partial charge in [0.2, 0.25) is 0 Å². The highest BCUT2D eigenvalue weighted by molar-refractivity contribution is 14.0. The quantitative estimate of drug-likeness (QED) is 0.400. The third-order valence-corrected chi connectivity index (χ3v) is 6.46. The van der Waals surface area contributed by atoms with Crippen molar-refractivity contribution >= 4 is 29.9 Å². The second kappa shape index (κ2) is 9.40. The lowest BCUT2D eigenvalue weighted by molar-refractivity contribution is 0.156. The van der Waals surface area contributed by atoms with Crippen LogP contribution in [0.15, 0.2) is 35.3 Å². The third-order valence-electron chi connectivity index (χ3n) is 6.46. The van der Waals surface area contributed by atoms with E-state index < -0.39 is 0 Å². The first-order valence-electron chi connectivity index (χ1n) is 9.76. The number of nitrogens with zero attached hydrogens (tertiary/aromatic N) is 2. The summed E-state index contributed by atoms with van der Waals surface area (Å²) in [5, 5.41) is 3.69. The molecule has 0 radical (unpaired) electrons. The van der Waals surface area contributed by atoms with Crippen molar-refractivity contribution in [1.29, 1.82) is 0 Å². The Morgan fingerprint density at radius 3 is 2.54 bits per heavy atom. The Kier molecular flexibility index (Phi) is 7.76. The molecule has 0 bridgehead atoms. The van der Waals surface area contributed by atoms with Crippen LogP contribution in [0.1, 0.15) is 45.1 Å². The van der Waals surface area contributed by atoms with Gasteiger partial charge in [0.25, 0.3) is 0 Å². The summed E-state index contributed by atoms with van der Waals surface area (Å²) in [6.45, 7) is 9.50. The fourth-order valence-electron chi connectivity index (χ4n) is 4.47. The standard InChI is InChI=1S/C21H33N3O.HI/c1-4-21(5-2,18-9-7-6-8-10-18)15-23-19(22-3)24-13-11-20(16-24)12-14-25-17-20;/h6-10H,4-5,11-17H2,1-3H3,(H,22,23);1H. The van der Waals surface area contributed by atoms with Crippen LogP contribution in [0.5, 0.6) is 0 Å². The summed E-state index contributed by atoms with van der Waals surface area (Å²) in [4.78, 5) is 7.01. The normalized spacial score (nSPS) is 23.3. The maximum atomic E-state index is 5.66. The van der Waals surface area contributed by atoms with Gasteiger partial charge in [-0.2, -0.15) is 0 Å². The average molecular weight is 471 g/mol. The van der Waals surface area contributed by atoms with Crippen molar-refractivity contribution in [2.75, 3.05) is 39.9 Å². The minimum Gasteiger partial charge on any atom is -0.381 e. The van der Waals surface area contributed by atoms with Gasteiger partial charge in [0.15, 0.2) is 5.96 Å². The van der Waals surface area contributed by atoms with Crippen LogP contribution in [0.25, 0.3) is 0 Å². The number of hydrogen-bond acceptors (Lipinski definition) is 2. The molecule has 3 rings (SSSR count). The van der Waals surface area contributed by atoms with Gasteiger partial charge in [-0.05, 0) is 31.2 Å². The number of benzene rings is 1. The van der Waals surface area contributed by atoms with Crippen molar-refractivity contribution in [2.45, 2.75) is 44.9 Å². The van der Waals surface area contributed by atoms with Crippen LogP contribution in [0.3, 0.4) is 0 Å². The van der Waals surface area contributed by atoms with E-state index in [0.717, 1.165) is 51.6 Å². The van der Waals surface area contributed by atoms with E-state index in [-0.39, 0.29) is 29.4 Å². The zero-order chi connectivity index (χ0) is 17.8. The molecule has 1 unspecified atom stereocenters. The Morgan fingerprint density at radius 1 is 1.23 bits per heavy atom. The number of ether oxygens (including phenoxy) is 1. The van der Waals surface area contributed by atoms with Crippen LogP contribution in [0, 0.1) is 5.41 Å². The van der Waals surface area contributed by atoms with E-state index in [0.29, 0.717) is 5.41 Å². The molecule has 146 valence electrons. The smallest absolute Gasteiger partial charge is 0.193 e. The maximum Gasteiger partial charge on any atom is 0.193 e. The van der Waals surface area contributed by atoms with Gasteiger partial charge in [0, 0.05) is 44.1 Å². The molecule has 0 amide bonds. The highest BCUT2D eigenvalue weighted by Crippen LogP contribution is 2.38. The van der Waals surface area contributed by atoms with Gasteiger partial charge < -0.3 is 15.0 Å². The number of nitrogens with one attached hydrogen (secondary N) is 1. The minimum absolute atomic E-state index is 0. The molecule has 2 aliphatic heterocycles. The van der Waals surface area contributed by atoms with E-state index in [4.69, 9.17) is 4.74 Å². The zero-order valence-corrected chi connectivity index (χ0v) is 18.8. The molecule has 2 fully saturated rings. The molecule has 26 heavy (non-hydrogen) atoms. The van der Waals surface area contributed by atoms with Crippen LogP contribution in [-0.2, 0) is 10.2 Å². The highest BCUT2D eigenvalue weighted by atomic mass is 127. The number of aliphatic imine (C=N–C) groups is 1. The molecule has 0 saturated carbocycles. The summed E-state index contributed by atoms with van der Waals surface area (Å²) in [6.07, 6.45) is 4.65. The van der Waals surface area contributed by atoms with Crippen LogP contribution in [0.4, 0.5) is 0 Å². The molecule has 1 N–H and O–H groups in total. The molecule has 1 atom stereocenters. The van der Waals surface area contributed by atoms with E-state index in [1.54, 1.807) is 0 Å². The Morgan fingerprint density at radius 2 is 1.96 bits per heavy atom. The van der Waals surface area contributed by atoms with E-state index in [1.165, 1.54) is 18.4 Å². The summed E-state index contributed by atoms with van der Waals surface area (Å²) in [5.41, 5.74) is 1.94. The Hall–Kier alpha value is -0.820. The van der Waals surface area contributed by atoms with Crippen molar-refractivity contribution in [3.63, 3.8) is 0 Å². The summed E-state index contributed by atoms with van der Waals surface area (Å²) < 4.78 is 5.66. The number of rotatable bonds is 5. The molecular formula is C21H34IN3O. The second-order valence-corrected chi connectivity index (χ2v) is 7.73. The topological polar surface area (TPSA) is 36.9 Å². The van der Waals surface area contributed by atoms with E-state index >= 15 is 0 Å². The van der Waals surface area contributed by atoms with Crippen LogP contribution in [0.2, 0.25) is 0 Å². The Balaban J connectivity index is 0.00000243. The van der Waals surface area contributed by atoms with Crippen molar-refractivity contribution in [3.8, 4) is 0 Å². The molecule has 2 aliphatic rings. The van der Waals surface area contributed by atoms with Crippen LogP contribution in [-0.4, -0.2) is 50.8 Å². The summed E-state index contributed by atoms with van der Waals surface area (Å²) >= 11 is 0. The van der Waals surface area contributed by atoms with Crippen LogP contribution < -0.4 is 5.32 Å². The average Bonchev–Trinajstić information content (AvgIpc) is 3.30. The van der Waals surface area contributed by atoms with Crippen LogP contribution >= 0.6 is 24.0 Å². The summed E-state index contributed by atoms with van der Waals surface area (Å²) in [5.74, 6) is 1.05. The Bertz CT molecular complexity index is 580. The predicted molar refractivity (Wildman–Crippen MR) is 120 cm³/mol. The number of halogens is 1. The predicted octanol–water partition coefficient (Wildman–Crippen LogP) is 4.05. The van der Waals surface area contributed by atoms with E-state index in [9.17, 15) is 0 Å². The third kappa shape index (κ3) is 4.35. The van der Waals surface area contributed by atoms with Gasteiger partial charge in [0.05, 0.1) is 6.61 Å². The van der Waals surface area contributed by atoms with Gasteiger partial charge in [0.1, 0.15) is 0 Å². The largest absolute Gasteiger partial charge is 0.381 e. The zero-order valence-electron chi connectivity index (χ0n) is 16.5. The summed E-state index contributed by atoms with van der Waals surface area (Å²) in [7, 11) is 1.90.